The summed E-state index contributed by atoms with van der Waals surface area (Å²) >= 11 is 0. The number of halogens is 3. The zero-order chi connectivity index (χ0) is 21.1. The van der Waals surface area contributed by atoms with E-state index in [1.807, 2.05) is 17.0 Å². The van der Waals surface area contributed by atoms with Crippen LogP contribution in [0, 0.1) is 5.92 Å². The Bertz CT molecular complexity index is 849. The van der Waals surface area contributed by atoms with E-state index >= 15 is 0 Å². The number of benzene rings is 1. The molecule has 160 valence electrons. The molecule has 8 heteroatoms. The van der Waals surface area contributed by atoms with Gasteiger partial charge in [-0.25, -0.2) is 0 Å². The van der Waals surface area contributed by atoms with E-state index in [2.05, 4.69) is 15.2 Å². The number of hydrogen-bond donors (Lipinski definition) is 1. The van der Waals surface area contributed by atoms with Gasteiger partial charge in [-0.2, -0.15) is 13.2 Å². The van der Waals surface area contributed by atoms with Crippen molar-refractivity contribution in [2.24, 2.45) is 5.92 Å². The predicted octanol–water partition coefficient (Wildman–Crippen LogP) is 4.06. The van der Waals surface area contributed by atoms with E-state index in [0.29, 0.717) is 5.69 Å². The maximum atomic E-state index is 12.8. The van der Waals surface area contributed by atoms with Gasteiger partial charge in [0.2, 0.25) is 5.91 Å². The Kier molecular flexibility index (Phi) is 5.83. The summed E-state index contributed by atoms with van der Waals surface area (Å²) in [5, 5.41) is 3.13. The standard InChI is InChI=1S/C22H25F3N4O/c23-22(24,25)17-3-5-19(6-4-17)29-13-1-2-20(29)27-21(30)16-9-14-28(15-10-16)18-7-11-26-12-8-18/h3-8,11-12,16,20H,1-2,9-10,13-15H2,(H,27,30). The fraction of sp³-hybridized carbons (Fsp3) is 0.455. The van der Waals surface area contributed by atoms with Gasteiger partial charge in [0.05, 0.1) is 5.56 Å². The number of nitrogens with zero attached hydrogens (tertiary/aromatic N) is 3. The van der Waals surface area contributed by atoms with Crippen molar-refractivity contribution in [1.82, 2.24) is 10.3 Å². The maximum Gasteiger partial charge on any atom is 0.416 e. The summed E-state index contributed by atoms with van der Waals surface area (Å²) in [5.74, 6) is -0.00803. The number of carbonyl (C=O) groups is 1. The molecule has 2 aliphatic heterocycles. The lowest BCUT2D eigenvalue weighted by atomic mass is 9.95. The van der Waals surface area contributed by atoms with Crippen molar-refractivity contribution in [3.8, 4) is 0 Å². The first-order chi connectivity index (χ1) is 14.4. The van der Waals surface area contributed by atoms with Gasteiger partial charge in [-0.05, 0) is 62.1 Å². The van der Waals surface area contributed by atoms with Gasteiger partial charge in [0.1, 0.15) is 6.17 Å². The Hall–Kier alpha value is -2.77. The third-order valence-electron chi connectivity index (χ3n) is 5.98. The highest BCUT2D eigenvalue weighted by Gasteiger charge is 2.33. The quantitative estimate of drug-likeness (QED) is 0.814. The SMILES string of the molecule is O=C(NC1CCCN1c1ccc(C(F)(F)F)cc1)C1CCN(c2ccncc2)CC1. The summed E-state index contributed by atoms with van der Waals surface area (Å²) in [6, 6.07) is 9.12. The highest BCUT2D eigenvalue weighted by molar-refractivity contribution is 5.79. The normalized spacial score (nSPS) is 20.4. The Balaban J connectivity index is 1.34. The predicted molar refractivity (Wildman–Crippen MR) is 109 cm³/mol. The van der Waals surface area contributed by atoms with E-state index in [1.54, 1.807) is 12.4 Å². The molecule has 2 aromatic rings. The molecule has 1 atom stereocenters. The second kappa shape index (κ2) is 8.53. The lowest BCUT2D eigenvalue weighted by molar-refractivity contribution is -0.137. The van der Waals surface area contributed by atoms with Crippen LogP contribution in [0.5, 0.6) is 0 Å². The molecule has 30 heavy (non-hydrogen) atoms. The Labute approximate surface area is 173 Å². The number of alkyl halides is 3. The minimum Gasteiger partial charge on any atom is -0.371 e. The van der Waals surface area contributed by atoms with Crippen molar-refractivity contribution in [1.29, 1.82) is 0 Å². The van der Waals surface area contributed by atoms with Crippen LogP contribution in [0.2, 0.25) is 0 Å². The molecule has 1 amide bonds. The molecule has 1 unspecified atom stereocenters. The van der Waals surface area contributed by atoms with Gasteiger partial charge in [-0.15, -0.1) is 0 Å². The van der Waals surface area contributed by atoms with Crippen LogP contribution in [-0.4, -0.2) is 36.7 Å². The molecule has 4 rings (SSSR count). The molecule has 2 saturated heterocycles. The van der Waals surface area contributed by atoms with Gasteiger partial charge in [-0.1, -0.05) is 0 Å². The number of carbonyl (C=O) groups excluding carboxylic acids is 1. The molecular weight excluding hydrogens is 393 g/mol. The molecule has 2 fully saturated rings. The molecule has 0 aliphatic carbocycles. The lowest BCUT2D eigenvalue weighted by Crippen LogP contribution is -2.48. The summed E-state index contributed by atoms with van der Waals surface area (Å²) in [7, 11) is 0. The second-order valence-electron chi connectivity index (χ2n) is 7.87. The number of rotatable bonds is 4. The molecule has 1 aromatic heterocycles. The van der Waals surface area contributed by atoms with Crippen molar-refractivity contribution in [2.75, 3.05) is 29.4 Å². The van der Waals surface area contributed by atoms with Gasteiger partial charge in [0.15, 0.2) is 0 Å². The van der Waals surface area contributed by atoms with Crippen LogP contribution in [0.3, 0.4) is 0 Å². The van der Waals surface area contributed by atoms with Crippen LogP contribution in [0.25, 0.3) is 0 Å². The summed E-state index contributed by atoms with van der Waals surface area (Å²) in [5.41, 5.74) is 1.17. The highest BCUT2D eigenvalue weighted by atomic mass is 19.4. The summed E-state index contributed by atoms with van der Waals surface area (Å²) in [6.07, 6.45) is 2.26. The number of pyridine rings is 1. The third-order valence-corrected chi connectivity index (χ3v) is 5.98. The number of hydrogen-bond acceptors (Lipinski definition) is 4. The molecule has 0 saturated carbocycles. The first-order valence-corrected chi connectivity index (χ1v) is 10.3. The van der Waals surface area contributed by atoms with Crippen molar-refractivity contribution in [2.45, 2.75) is 38.0 Å². The van der Waals surface area contributed by atoms with Crippen LogP contribution < -0.4 is 15.1 Å². The number of piperidine rings is 1. The zero-order valence-electron chi connectivity index (χ0n) is 16.6. The first kappa shape index (κ1) is 20.5. The van der Waals surface area contributed by atoms with Crippen LogP contribution in [0.15, 0.2) is 48.8 Å². The van der Waals surface area contributed by atoms with Crippen LogP contribution in [0.1, 0.15) is 31.2 Å². The lowest BCUT2D eigenvalue weighted by Gasteiger charge is -2.34. The average Bonchev–Trinajstić information content (AvgIpc) is 3.22. The maximum absolute atomic E-state index is 12.8. The van der Waals surface area contributed by atoms with Gasteiger partial charge in [-0.3, -0.25) is 9.78 Å². The Morgan fingerprint density at radius 2 is 1.60 bits per heavy atom. The summed E-state index contributed by atoms with van der Waals surface area (Å²) in [6.45, 7) is 2.35. The largest absolute Gasteiger partial charge is 0.416 e. The zero-order valence-corrected chi connectivity index (χ0v) is 16.6. The molecule has 1 N–H and O–H groups in total. The number of amides is 1. The van der Waals surface area contributed by atoms with Crippen molar-refractivity contribution in [3.63, 3.8) is 0 Å². The monoisotopic (exact) mass is 418 g/mol. The van der Waals surface area contributed by atoms with Gasteiger partial charge < -0.3 is 15.1 Å². The molecular formula is C22H25F3N4O. The van der Waals surface area contributed by atoms with E-state index < -0.39 is 11.7 Å². The average molecular weight is 418 g/mol. The van der Waals surface area contributed by atoms with Crippen LogP contribution in [-0.2, 0) is 11.0 Å². The first-order valence-electron chi connectivity index (χ1n) is 10.3. The molecule has 3 heterocycles. The van der Waals surface area contributed by atoms with E-state index in [0.717, 1.165) is 63.1 Å². The molecule has 2 aliphatic rings. The van der Waals surface area contributed by atoms with Gasteiger partial charge in [0, 0.05) is 49.3 Å². The van der Waals surface area contributed by atoms with Crippen LogP contribution >= 0.6 is 0 Å². The van der Waals surface area contributed by atoms with Crippen LogP contribution in [0.4, 0.5) is 24.5 Å². The van der Waals surface area contributed by atoms with E-state index in [-0.39, 0.29) is 18.0 Å². The smallest absolute Gasteiger partial charge is 0.371 e. The molecule has 0 bridgehead atoms. The third kappa shape index (κ3) is 4.52. The molecule has 0 radical (unpaired) electrons. The summed E-state index contributed by atoms with van der Waals surface area (Å²) in [4.78, 5) is 21.1. The minimum absolute atomic E-state index is 0.0354. The summed E-state index contributed by atoms with van der Waals surface area (Å²) < 4.78 is 38.4. The highest BCUT2D eigenvalue weighted by Crippen LogP contribution is 2.32. The van der Waals surface area contributed by atoms with E-state index in [4.69, 9.17) is 0 Å². The molecule has 1 aromatic carbocycles. The number of nitrogens with one attached hydrogen (secondary N) is 1. The second-order valence-corrected chi connectivity index (χ2v) is 7.87. The van der Waals surface area contributed by atoms with Crippen molar-refractivity contribution < 1.29 is 18.0 Å². The number of anilines is 2. The van der Waals surface area contributed by atoms with E-state index in [9.17, 15) is 18.0 Å². The van der Waals surface area contributed by atoms with E-state index in [1.165, 1.54) is 12.1 Å². The van der Waals surface area contributed by atoms with Crippen molar-refractivity contribution >= 4 is 17.3 Å². The topological polar surface area (TPSA) is 48.5 Å². The Morgan fingerprint density at radius 1 is 0.933 bits per heavy atom. The van der Waals surface area contributed by atoms with Gasteiger partial charge >= 0.3 is 6.18 Å². The Morgan fingerprint density at radius 3 is 2.23 bits per heavy atom. The fourth-order valence-electron chi connectivity index (χ4n) is 4.30. The van der Waals surface area contributed by atoms with Crippen molar-refractivity contribution in [3.05, 3.63) is 54.4 Å². The molecule has 0 spiro atoms. The van der Waals surface area contributed by atoms with Gasteiger partial charge in [0.25, 0.3) is 0 Å². The number of aromatic nitrogens is 1. The minimum atomic E-state index is -4.34. The fourth-order valence-corrected chi connectivity index (χ4v) is 4.30. The molecule has 5 nitrogen and oxygen atoms in total.